The zero-order chi connectivity index (χ0) is 14.4. The van der Waals surface area contributed by atoms with Crippen molar-refractivity contribution in [3.05, 3.63) is 35.9 Å². The summed E-state index contributed by atoms with van der Waals surface area (Å²) >= 11 is 0. The van der Waals surface area contributed by atoms with E-state index < -0.39 is 0 Å². The van der Waals surface area contributed by atoms with Gasteiger partial charge in [0.05, 0.1) is 0 Å². The monoisotopic (exact) mass is 273 g/mol. The van der Waals surface area contributed by atoms with E-state index in [0.29, 0.717) is 6.04 Å². The van der Waals surface area contributed by atoms with E-state index in [-0.39, 0.29) is 0 Å². The molecular weight excluding hydrogens is 242 g/mol. The summed E-state index contributed by atoms with van der Waals surface area (Å²) in [6.07, 6.45) is 8.17. The van der Waals surface area contributed by atoms with Crippen LogP contribution < -0.4 is 5.32 Å². The van der Waals surface area contributed by atoms with Crippen LogP contribution in [0.15, 0.2) is 30.3 Å². The third kappa shape index (κ3) is 5.28. The van der Waals surface area contributed by atoms with Gasteiger partial charge in [-0.3, -0.25) is 0 Å². The molecule has 0 spiro atoms. The highest BCUT2D eigenvalue weighted by atomic mass is 14.9. The van der Waals surface area contributed by atoms with Crippen LogP contribution >= 0.6 is 0 Å². The second kappa shape index (κ2) is 7.83. The molecule has 1 aliphatic carbocycles. The van der Waals surface area contributed by atoms with E-state index in [9.17, 15) is 0 Å². The Kier molecular flexibility index (Phi) is 6.09. The molecule has 0 saturated heterocycles. The molecule has 1 fully saturated rings. The largest absolute Gasteiger partial charge is 0.311 e. The van der Waals surface area contributed by atoms with Crippen molar-refractivity contribution in [1.29, 1.82) is 0 Å². The molecule has 1 aliphatic rings. The fourth-order valence-electron chi connectivity index (χ4n) is 3.75. The molecule has 0 amide bonds. The van der Waals surface area contributed by atoms with Crippen LogP contribution in [0.4, 0.5) is 0 Å². The Balaban J connectivity index is 1.77. The van der Waals surface area contributed by atoms with E-state index in [0.717, 1.165) is 24.3 Å². The minimum atomic E-state index is 0.584. The van der Waals surface area contributed by atoms with Crippen LogP contribution in [0.3, 0.4) is 0 Å². The van der Waals surface area contributed by atoms with Crippen LogP contribution in [0, 0.1) is 11.8 Å². The Morgan fingerprint density at radius 3 is 2.55 bits per heavy atom. The normalized spacial score (nSPS) is 24.8. The Morgan fingerprint density at radius 2 is 1.85 bits per heavy atom. The number of nitrogens with one attached hydrogen (secondary N) is 1. The number of hydrogen-bond donors (Lipinski definition) is 1. The lowest BCUT2D eigenvalue weighted by molar-refractivity contribution is 0.242. The van der Waals surface area contributed by atoms with Crippen molar-refractivity contribution in [3.8, 4) is 0 Å². The first kappa shape index (κ1) is 15.6. The molecule has 1 nitrogen and oxygen atoms in total. The first-order valence-corrected chi connectivity index (χ1v) is 8.43. The molecule has 0 bridgehead atoms. The van der Waals surface area contributed by atoms with Gasteiger partial charge in [0.15, 0.2) is 0 Å². The number of benzene rings is 1. The molecule has 1 heteroatoms. The molecule has 0 aliphatic heterocycles. The second-order valence-corrected chi connectivity index (χ2v) is 7.12. The molecule has 1 aromatic rings. The van der Waals surface area contributed by atoms with Gasteiger partial charge in [0.1, 0.15) is 0 Å². The standard InChI is InChI=1S/C19H31N/c1-15(2)12-18-10-7-11-19(14-18)20-16(3)13-17-8-5-4-6-9-17/h4-6,8-9,15-16,18-20H,7,10-14H2,1-3H3. The van der Waals surface area contributed by atoms with Crippen LogP contribution in [-0.2, 0) is 6.42 Å². The Morgan fingerprint density at radius 1 is 1.10 bits per heavy atom. The molecular formula is C19H31N. The second-order valence-electron chi connectivity index (χ2n) is 7.12. The van der Waals surface area contributed by atoms with Crippen LogP contribution in [0.25, 0.3) is 0 Å². The van der Waals surface area contributed by atoms with Crippen LogP contribution in [0.1, 0.15) is 58.4 Å². The van der Waals surface area contributed by atoms with E-state index in [1.165, 1.54) is 37.7 Å². The van der Waals surface area contributed by atoms with E-state index >= 15 is 0 Å². The van der Waals surface area contributed by atoms with Gasteiger partial charge in [-0.1, -0.05) is 57.0 Å². The van der Waals surface area contributed by atoms with Crippen LogP contribution in [0.2, 0.25) is 0 Å². The van der Waals surface area contributed by atoms with Gasteiger partial charge in [-0.2, -0.15) is 0 Å². The molecule has 3 unspecified atom stereocenters. The molecule has 1 aromatic carbocycles. The lowest BCUT2D eigenvalue weighted by Crippen LogP contribution is -2.40. The lowest BCUT2D eigenvalue weighted by Gasteiger charge is -2.32. The third-order valence-electron chi connectivity index (χ3n) is 4.49. The fourth-order valence-corrected chi connectivity index (χ4v) is 3.75. The van der Waals surface area contributed by atoms with Crippen LogP contribution in [0.5, 0.6) is 0 Å². The van der Waals surface area contributed by atoms with E-state index in [2.05, 4.69) is 56.4 Å². The van der Waals surface area contributed by atoms with Crippen molar-refractivity contribution in [2.45, 2.75) is 71.4 Å². The van der Waals surface area contributed by atoms with Gasteiger partial charge < -0.3 is 5.32 Å². The highest BCUT2D eigenvalue weighted by Crippen LogP contribution is 2.29. The predicted octanol–water partition coefficient (Wildman–Crippen LogP) is 4.81. The molecule has 0 aromatic heterocycles. The average molecular weight is 273 g/mol. The quantitative estimate of drug-likeness (QED) is 0.784. The summed E-state index contributed by atoms with van der Waals surface area (Å²) in [7, 11) is 0. The van der Waals surface area contributed by atoms with Crippen molar-refractivity contribution in [3.63, 3.8) is 0 Å². The molecule has 0 radical (unpaired) electrons. The summed E-state index contributed by atoms with van der Waals surface area (Å²) in [6.45, 7) is 7.04. The summed E-state index contributed by atoms with van der Waals surface area (Å²) < 4.78 is 0. The van der Waals surface area contributed by atoms with E-state index in [1.807, 2.05) is 0 Å². The van der Waals surface area contributed by atoms with Crippen molar-refractivity contribution >= 4 is 0 Å². The molecule has 1 saturated carbocycles. The fraction of sp³-hybridized carbons (Fsp3) is 0.684. The summed E-state index contributed by atoms with van der Waals surface area (Å²) in [4.78, 5) is 0. The maximum Gasteiger partial charge on any atom is 0.00817 e. The highest BCUT2D eigenvalue weighted by Gasteiger charge is 2.23. The first-order chi connectivity index (χ1) is 9.63. The van der Waals surface area contributed by atoms with Crippen molar-refractivity contribution in [1.82, 2.24) is 5.32 Å². The van der Waals surface area contributed by atoms with Gasteiger partial charge in [0.25, 0.3) is 0 Å². The Hall–Kier alpha value is -0.820. The molecule has 3 atom stereocenters. The van der Waals surface area contributed by atoms with Crippen molar-refractivity contribution in [2.24, 2.45) is 11.8 Å². The average Bonchev–Trinajstić information content (AvgIpc) is 2.39. The molecule has 112 valence electrons. The van der Waals surface area contributed by atoms with Gasteiger partial charge in [0.2, 0.25) is 0 Å². The number of hydrogen-bond acceptors (Lipinski definition) is 1. The zero-order valence-corrected chi connectivity index (χ0v) is 13.4. The van der Waals surface area contributed by atoms with Gasteiger partial charge in [-0.05, 0) is 50.0 Å². The van der Waals surface area contributed by atoms with Gasteiger partial charge in [-0.25, -0.2) is 0 Å². The lowest BCUT2D eigenvalue weighted by atomic mass is 9.81. The van der Waals surface area contributed by atoms with Crippen molar-refractivity contribution < 1.29 is 0 Å². The minimum Gasteiger partial charge on any atom is -0.311 e. The summed E-state index contributed by atoms with van der Waals surface area (Å²) in [5, 5.41) is 3.87. The van der Waals surface area contributed by atoms with Crippen molar-refractivity contribution in [2.75, 3.05) is 0 Å². The van der Waals surface area contributed by atoms with E-state index in [4.69, 9.17) is 0 Å². The topological polar surface area (TPSA) is 12.0 Å². The maximum atomic E-state index is 3.87. The minimum absolute atomic E-state index is 0.584. The summed E-state index contributed by atoms with van der Waals surface area (Å²) in [5.41, 5.74) is 1.45. The third-order valence-corrected chi connectivity index (χ3v) is 4.49. The molecule has 2 rings (SSSR count). The van der Waals surface area contributed by atoms with Gasteiger partial charge in [-0.15, -0.1) is 0 Å². The predicted molar refractivity (Wildman–Crippen MR) is 87.9 cm³/mol. The molecule has 20 heavy (non-hydrogen) atoms. The Labute approximate surface area is 125 Å². The number of rotatable bonds is 6. The Bertz CT molecular complexity index is 371. The molecule has 0 heterocycles. The molecule has 1 N–H and O–H groups in total. The summed E-state index contributed by atoms with van der Waals surface area (Å²) in [6, 6.07) is 12.2. The smallest absolute Gasteiger partial charge is 0.00817 e. The van der Waals surface area contributed by atoms with Crippen LogP contribution in [-0.4, -0.2) is 12.1 Å². The van der Waals surface area contributed by atoms with Gasteiger partial charge >= 0.3 is 0 Å². The maximum absolute atomic E-state index is 3.87. The zero-order valence-electron chi connectivity index (χ0n) is 13.4. The first-order valence-electron chi connectivity index (χ1n) is 8.43. The van der Waals surface area contributed by atoms with E-state index in [1.54, 1.807) is 0 Å². The van der Waals surface area contributed by atoms with Gasteiger partial charge in [0, 0.05) is 12.1 Å². The highest BCUT2D eigenvalue weighted by molar-refractivity contribution is 5.15. The summed E-state index contributed by atoms with van der Waals surface area (Å²) in [5.74, 6) is 1.80. The SMILES string of the molecule is CC(C)CC1CCCC(NC(C)Cc2ccccc2)C1.